The van der Waals surface area contributed by atoms with Crippen molar-refractivity contribution in [2.45, 2.75) is 32.1 Å². The molecule has 0 amide bonds. The molecule has 0 saturated carbocycles. The number of allylic oxidation sites excluding steroid dienone is 1. The molecule has 3 N–H and O–H groups in total. The molecule has 36 heavy (non-hydrogen) atoms. The average molecular weight is 479 g/mol. The number of nitrogens with one attached hydrogen (secondary N) is 3. The number of rotatable bonds is 4. The molecule has 1 aliphatic heterocycles. The van der Waals surface area contributed by atoms with Crippen molar-refractivity contribution >= 4 is 5.57 Å². The number of nitrogens with zero attached hydrogens (tertiary/aromatic N) is 3. The Morgan fingerprint density at radius 1 is 1.06 bits per heavy atom. The fraction of sp³-hybridized carbons (Fsp3) is 0.276. The van der Waals surface area contributed by atoms with E-state index in [-0.39, 0.29) is 5.82 Å². The molecule has 2 aliphatic rings. The molecule has 1 fully saturated rings. The summed E-state index contributed by atoms with van der Waals surface area (Å²) in [4.78, 5) is 12.7. The number of hydrogen-bond acceptors (Lipinski definition) is 4. The van der Waals surface area contributed by atoms with Crippen molar-refractivity contribution in [2.75, 3.05) is 13.1 Å². The van der Waals surface area contributed by atoms with Crippen molar-refractivity contribution in [2.24, 2.45) is 5.92 Å². The molecule has 180 valence electrons. The zero-order valence-electron chi connectivity index (χ0n) is 19.9. The molecule has 1 aromatic carbocycles. The van der Waals surface area contributed by atoms with Gasteiger partial charge in [0.15, 0.2) is 5.82 Å². The van der Waals surface area contributed by atoms with E-state index in [0.29, 0.717) is 11.7 Å². The van der Waals surface area contributed by atoms with Crippen LogP contribution in [0.3, 0.4) is 0 Å². The average Bonchev–Trinajstić information content (AvgIpc) is 3.55. The molecule has 0 radical (unpaired) electrons. The first kappa shape index (κ1) is 22.4. The number of hydrogen-bond donors (Lipinski definition) is 3. The number of aromatic nitrogens is 5. The second-order valence-corrected chi connectivity index (χ2v) is 9.47. The summed E-state index contributed by atoms with van der Waals surface area (Å²) in [7, 11) is 0. The van der Waals surface area contributed by atoms with Crippen molar-refractivity contribution in [1.82, 2.24) is 30.5 Å². The van der Waals surface area contributed by atoms with E-state index in [1.165, 1.54) is 24.5 Å². The summed E-state index contributed by atoms with van der Waals surface area (Å²) >= 11 is 0. The van der Waals surface area contributed by atoms with Crippen LogP contribution in [0.2, 0.25) is 0 Å². The highest BCUT2D eigenvalue weighted by molar-refractivity contribution is 5.81. The van der Waals surface area contributed by atoms with E-state index in [1.807, 2.05) is 12.3 Å². The van der Waals surface area contributed by atoms with E-state index >= 15 is 0 Å². The monoisotopic (exact) mass is 478 g/mol. The third-order valence-electron chi connectivity index (χ3n) is 6.91. The van der Waals surface area contributed by atoms with Crippen molar-refractivity contribution < 1.29 is 4.39 Å². The van der Waals surface area contributed by atoms with Crippen molar-refractivity contribution in [3.05, 3.63) is 94.5 Å². The van der Waals surface area contributed by atoms with Crippen LogP contribution in [0, 0.1) is 23.6 Å². The van der Waals surface area contributed by atoms with Gasteiger partial charge in [0.05, 0.1) is 17.5 Å². The van der Waals surface area contributed by atoms with Crippen LogP contribution in [0.5, 0.6) is 0 Å². The van der Waals surface area contributed by atoms with Gasteiger partial charge in [-0.1, -0.05) is 30.0 Å². The fourth-order valence-corrected chi connectivity index (χ4v) is 5.09. The van der Waals surface area contributed by atoms with Gasteiger partial charge in [-0.15, -0.1) is 0 Å². The van der Waals surface area contributed by atoms with Crippen LogP contribution in [-0.4, -0.2) is 38.2 Å². The Morgan fingerprint density at radius 2 is 1.97 bits per heavy atom. The summed E-state index contributed by atoms with van der Waals surface area (Å²) in [5, 5.41) is 10.7. The number of fused-ring (bicyclic) bond motifs is 1. The predicted molar refractivity (Wildman–Crippen MR) is 137 cm³/mol. The number of benzene rings is 1. The minimum Gasteiger partial charge on any atom is -0.340 e. The maximum Gasteiger partial charge on any atom is 0.157 e. The maximum absolute atomic E-state index is 13.9. The lowest BCUT2D eigenvalue weighted by Gasteiger charge is -2.22. The number of H-pyrrole nitrogens is 2. The Kier molecular flexibility index (Phi) is 6.18. The van der Waals surface area contributed by atoms with Crippen LogP contribution in [-0.2, 0) is 12.8 Å². The van der Waals surface area contributed by atoms with Gasteiger partial charge in [-0.2, -0.15) is 5.10 Å². The van der Waals surface area contributed by atoms with Gasteiger partial charge in [-0.3, -0.25) is 10.1 Å². The fourth-order valence-electron chi connectivity index (χ4n) is 5.09. The molecular weight excluding hydrogens is 451 g/mol. The Balaban J connectivity index is 1.25. The first-order valence-electron chi connectivity index (χ1n) is 12.5. The van der Waals surface area contributed by atoms with Crippen molar-refractivity contribution in [3.8, 4) is 23.4 Å². The largest absolute Gasteiger partial charge is 0.340 e. The molecule has 6 nitrogen and oxygen atoms in total. The molecule has 4 aromatic rings. The van der Waals surface area contributed by atoms with Gasteiger partial charge in [0.1, 0.15) is 11.5 Å². The highest BCUT2D eigenvalue weighted by atomic mass is 19.1. The summed E-state index contributed by atoms with van der Waals surface area (Å²) < 4.78 is 13.9. The topological polar surface area (TPSA) is 82.3 Å². The minimum atomic E-state index is -0.253. The molecule has 3 aromatic heterocycles. The molecular formula is C29H27FN6. The molecule has 1 saturated heterocycles. The van der Waals surface area contributed by atoms with Crippen LogP contribution in [0.15, 0.2) is 55.0 Å². The lowest BCUT2D eigenvalue weighted by molar-refractivity contribution is 0.372. The molecule has 4 heterocycles. The standard InChI is InChI=1S/C29H27FN6/c30-24-4-1-3-22(15-24)25-5-2-6-26-28(25)35-29(34-26)27-23(18-33-36-27)8-7-20-14-21(17-32-16-20)13-19-9-11-31-12-10-19/h1,3-5,14-19,31H,2,6,9-13H2,(H,33,36)(H,34,35). The van der Waals surface area contributed by atoms with Crippen LogP contribution in [0.1, 0.15) is 52.9 Å². The zero-order chi connectivity index (χ0) is 24.3. The molecule has 1 aliphatic carbocycles. The molecule has 0 bridgehead atoms. The normalized spacial score (nSPS) is 15.6. The van der Waals surface area contributed by atoms with Gasteiger partial charge in [-0.25, -0.2) is 9.37 Å². The van der Waals surface area contributed by atoms with E-state index in [1.54, 1.807) is 24.5 Å². The van der Waals surface area contributed by atoms with E-state index in [4.69, 9.17) is 4.98 Å². The number of imidazole rings is 1. The van der Waals surface area contributed by atoms with Crippen molar-refractivity contribution in [1.29, 1.82) is 0 Å². The Hall–Kier alpha value is -4.02. The van der Waals surface area contributed by atoms with Gasteiger partial charge in [0, 0.05) is 29.2 Å². The number of piperidine rings is 1. The molecule has 0 atom stereocenters. The van der Waals surface area contributed by atoms with Gasteiger partial charge in [0.25, 0.3) is 0 Å². The highest BCUT2D eigenvalue weighted by Crippen LogP contribution is 2.32. The van der Waals surface area contributed by atoms with E-state index in [2.05, 4.69) is 49.5 Å². The van der Waals surface area contributed by atoms with E-state index < -0.39 is 0 Å². The van der Waals surface area contributed by atoms with Crippen molar-refractivity contribution in [3.63, 3.8) is 0 Å². The van der Waals surface area contributed by atoms with Gasteiger partial charge in [-0.05, 0) is 80.4 Å². The smallest absolute Gasteiger partial charge is 0.157 e. The Bertz CT molecular complexity index is 1480. The third-order valence-corrected chi connectivity index (χ3v) is 6.91. The van der Waals surface area contributed by atoms with Gasteiger partial charge < -0.3 is 10.3 Å². The zero-order valence-corrected chi connectivity index (χ0v) is 19.9. The molecule has 0 spiro atoms. The lowest BCUT2D eigenvalue weighted by Crippen LogP contribution is -2.28. The van der Waals surface area contributed by atoms with E-state index in [9.17, 15) is 4.39 Å². The summed E-state index contributed by atoms with van der Waals surface area (Å²) in [5.74, 6) is 7.64. The number of pyridine rings is 1. The summed E-state index contributed by atoms with van der Waals surface area (Å²) in [5.41, 5.74) is 7.30. The molecule has 7 heteroatoms. The van der Waals surface area contributed by atoms with Crippen LogP contribution < -0.4 is 5.32 Å². The van der Waals surface area contributed by atoms with Crippen LogP contribution in [0.25, 0.3) is 17.1 Å². The van der Waals surface area contributed by atoms with Crippen LogP contribution >= 0.6 is 0 Å². The number of aromatic amines is 2. The predicted octanol–water partition coefficient (Wildman–Crippen LogP) is 4.65. The second kappa shape index (κ2) is 9.92. The highest BCUT2D eigenvalue weighted by Gasteiger charge is 2.21. The summed E-state index contributed by atoms with van der Waals surface area (Å²) in [6, 6.07) is 8.79. The first-order chi connectivity index (χ1) is 17.7. The SMILES string of the molecule is Fc1cccc(C2=CCCc3[nH]c(-c4[nH]ncc4C#Cc4cncc(CC5CCNCC5)c4)nc32)c1. The number of halogens is 1. The Labute approximate surface area is 209 Å². The molecule has 0 unspecified atom stereocenters. The minimum absolute atomic E-state index is 0.253. The summed E-state index contributed by atoms with van der Waals surface area (Å²) in [6.07, 6.45) is 12.8. The lowest BCUT2D eigenvalue weighted by atomic mass is 9.91. The third kappa shape index (κ3) is 4.73. The van der Waals surface area contributed by atoms with E-state index in [0.717, 1.165) is 71.7 Å². The second-order valence-electron chi connectivity index (χ2n) is 9.47. The van der Waals surface area contributed by atoms with Gasteiger partial charge in [0.2, 0.25) is 0 Å². The van der Waals surface area contributed by atoms with Crippen LogP contribution in [0.4, 0.5) is 4.39 Å². The number of aryl methyl sites for hydroxylation is 1. The Morgan fingerprint density at radius 3 is 2.86 bits per heavy atom. The molecule has 6 rings (SSSR count). The summed E-state index contributed by atoms with van der Waals surface area (Å²) in [6.45, 7) is 2.19. The first-order valence-corrected chi connectivity index (χ1v) is 12.5. The maximum atomic E-state index is 13.9. The quantitative estimate of drug-likeness (QED) is 0.373. The van der Waals surface area contributed by atoms with Gasteiger partial charge >= 0.3 is 0 Å².